The lowest BCUT2D eigenvalue weighted by Crippen LogP contribution is -1.86. The lowest BCUT2D eigenvalue weighted by molar-refractivity contribution is 1.02. The van der Waals surface area contributed by atoms with Gasteiger partial charge in [0.2, 0.25) is 0 Å². The third-order valence-corrected chi connectivity index (χ3v) is 1.35. The van der Waals surface area contributed by atoms with Crippen molar-refractivity contribution in [2.75, 3.05) is 0 Å². The van der Waals surface area contributed by atoms with Crippen LogP contribution in [0.5, 0.6) is 0 Å². The highest BCUT2D eigenvalue weighted by Crippen LogP contribution is 2.14. The monoisotopic (exact) mass is 138 g/mol. The van der Waals surface area contributed by atoms with E-state index in [1.165, 1.54) is 0 Å². The highest BCUT2D eigenvalue weighted by Gasteiger charge is 1.97. The van der Waals surface area contributed by atoms with Gasteiger partial charge in [-0.15, -0.1) is 0 Å². The van der Waals surface area contributed by atoms with Gasteiger partial charge in [-0.25, -0.2) is 0 Å². The van der Waals surface area contributed by atoms with Gasteiger partial charge in [-0.2, -0.15) is 0 Å². The molecule has 0 aromatic carbocycles. The van der Waals surface area contributed by atoms with Crippen molar-refractivity contribution in [2.45, 2.75) is 12.2 Å². The average Bonchev–Trinajstić information content (AvgIpc) is 1.90. The van der Waals surface area contributed by atoms with Crippen molar-refractivity contribution in [3.8, 4) is 0 Å². The maximum atomic E-state index is 4.98. The summed E-state index contributed by atoms with van der Waals surface area (Å²) in [6.45, 7) is 1.96. The quantitative estimate of drug-likeness (QED) is 0.580. The molecular formula is C7H8NS. The van der Waals surface area contributed by atoms with E-state index in [1.54, 1.807) is 6.20 Å². The number of hydrogen-bond acceptors (Lipinski definition) is 1. The molecule has 0 aliphatic carbocycles. The van der Waals surface area contributed by atoms with Gasteiger partial charge in [0, 0.05) is 6.20 Å². The fraction of sp³-hybridized carbons (Fsp3) is 0.286. The molecule has 1 unspecified atom stereocenters. The van der Waals surface area contributed by atoms with Crippen LogP contribution in [-0.2, 0) is 0 Å². The lowest BCUT2D eigenvalue weighted by Gasteiger charge is -1.98. The Kier molecular flexibility index (Phi) is 2.11. The minimum absolute atomic E-state index is 0.131. The van der Waals surface area contributed by atoms with E-state index >= 15 is 0 Å². The number of hydrogen-bond donors (Lipinski definition) is 0. The van der Waals surface area contributed by atoms with Crippen LogP contribution in [0.3, 0.4) is 0 Å². The van der Waals surface area contributed by atoms with E-state index in [0.717, 1.165) is 5.69 Å². The Bertz CT molecular complexity index is 172. The first-order chi connectivity index (χ1) is 4.30. The average molecular weight is 138 g/mol. The molecular weight excluding hydrogens is 130 g/mol. The van der Waals surface area contributed by atoms with Crippen LogP contribution in [0.2, 0.25) is 0 Å². The smallest absolute Gasteiger partial charge is 0.0545 e. The molecule has 9 heavy (non-hydrogen) atoms. The van der Waals surface area contributed by atoms with Crippen molar-refractivity contribution in [3.05, 3.63) is 30.1 Å². The van der Waals surface area contributed by atoms with Crippen LogP contribution in [0.4, 0.5) is 0 Å². The predicted molar refractivity (Wildman–Crippen MR) is 40.2 cm³/mol. The molecule has 0 aliphatic heterocycles. The molecule has 1 heterocycles. The van der Waals surface area contributed by atoms with E-state index in [0.29, 0.717) is 0 Å². The van der Waals surface area contributed by atoms with Crippen LogP contribution in [0, 0.1) is 0 Å². The highest BCUT2D eigenvalue weighted by molar-refractivity contribution is 7.80. The fourth-order valence-electron chi connectivity index (χ4n) is 0.616. The first kappa shape index (κ1) is 6.62. The Labute approximate surface area is 60.5 Å². The molecule has 0 saturated heterocycles. The van der Waals surface area contributed by atoms with Crippen molar-refractivity contribution in [1.29, 1.82) is 0 Å². The number of aromatic nitrogens is 1. The molecule has 0 N–H and O–H groups in total. The van der Waals surface area contributed by atoms with Gasteiger partial charge < -0.3 is 0 Å². The van der Waals surface area contributed by atoms with Gasteiger partial charge in [-0.3, -0.25) is 4.98 Å². The third kappa shape index (κ3) is 1.72. The van der Waals surface area contributed by atoms with Crippen molar-refractivity contribution in [1.82, 2.24) is 4.98 Å². The van der Waals surface area contributed by atoms with E-state index in [9.17, 15) is 0 Å². The van der Waals surface area contributed by atoms with E-state index < -0.39 is 0 Å². The molecule has 1 aromatic rings. The Balaban J connectivity index is 2.85. The Morgan fingerprint density at radius 1 is 1.56 bits per heavy atom. The molecule has 0 fully saturated rings. The second kappa shape index (κ2) is 2.87. The minimum atomic E-state index is 0.131. The molecule has 1 nitrogen and oxygen atoms in total. The normalized spacial score (nSPS) is 13.1. The summed E-state index contributed by atoms with van der Waals surface area (Å²) in [5.74, 6) is 0. The first-order valence-corrected chi connectivity index (χ1v) is 3.34. The molecule has 0 amide bonds. The highest BCUT2D eigenvalue weighted by atomic mass is 32.1. The number of nitrogens with zero attached hydrogens (tertiary/aromatic N) is 1. The van der Waals surface area contributed by atoms with Crippen molar-refractivity contribution in [3.63, 3.8) is 0 Å². The van der Waals surface area contributed by atoms with Crippen LogP contribution in [0.1, 0.15) is 17.9 Å². The molecule has 0 spiro atoms. The molecule has 0 aliphatic rings. The maximum Gasteiger partial charge on any atom is 0.0545 e. The zero-order valence-electron chi connectivity index (χ0n) is 5.24. The van der Waals surface area contributed by atoms with E-state index in [-0.39, 0.29) is 5.25 Å². The summed E-state index contributed by atoms with van der Waals surface area (Å²) < 4.78 is 0. The maximum absolute atomic E-state index is 4.98. The Morgan fingerprint density at radius 2 is 2.33 bits per heavy atom. The van der Waals surface area contributed by atoms with Crippen molar-refractivity contribution in [2.24, 2.45) is 0 Å². The zero-order valence-corrected chi connectivity index (χ0v) is 6.06. The van der Waals surface area contributed by atoms with Gasteiger partial charge in [0.1, 0.15) is 0 Å². The van der Waals surface area contributed by atoms with Gasteiger partial charge >= 0.3 is 0 Å². The lowest BCUT2D eigenvalue weighted by atomic mass is 10.3. The van der Waals surface area contributed by atoms with Gasteiger partial charge in [-0.05, 0) is 19.1 Å². The van der Waals surface area contributed by atoms with Crippen molar-refractivity contribution >= 4 is 12.6 Å². The van der Waals surface area contributed by atoms with E-state index in [2.05, 4.69) is 4.98 Å². The molecule has 47 valence electrons. The predicted octanol–water partition coefficient (Wildman–Crippen LogP) is 2.34. The van der Waals surface area contributed by atoms with Crippen LogP contribution >= 0.6 is 12.6 Å². The number of pyridine rings is 1. The van der Waals surface area contributed by atoms with Crippen LogP contribution in [0.15, 0.2) is 24.4 Å². The minimum Gasteiger partial charge on any atom is -0.260 e. The van der Waals surface area contributed by atoms with Crippen LogP contribution < -0.4 is 0 Å². The summed E-state index contributed by atoms with van der Waals surface area (Å²) in [5, 5.41) is 0.131. The molecule has 1 rings (SSSR count). The number of rotatable bonds is 1. The SMILES string of the molecule is CC([S])c1ccccn1. The summed E-state index contributed by atoms with van der Waals surface area (Å²) in [4.78, 5) is 4.07. The van der Waals surface area contributed by atoms with E-state index in [1.807, 2.05) is 25.1 Å². The Morgan fingerprint density at radius 3 is 2.67 bits per heavy atom. The molecule has 1 radical (unpaired) electrons. The molecule has 0 saturated carbocycles. The summed E-state index contributed by atoms with van der Waals surface area (Å²) >= 11 is 4.98. The zero-order chi connectivity index (χ0) is 6.69. The fourth-order valence-corrected chi connectivity index (χ4v) is 0.756. The molecule has 0 bridgehead atoms. The standard InChI is InChI=1S/C7H8NS/c1-6(9)7-4-2-3-5-8-7/h2-6H,1H3. The largest absolute Gasteiger partial charge is 0.260 e. The summed E-state index contributed by atoms with van der Waals surface area (Å²) in [6.07, 6.45) is 1.76. The second-order valence-corrected chi connectivity index (χ2v) is 2.60. The van der Waals surface area contributed by atoms with Crippen molar-refractivity contribution < 1.29 is 0 Å². The second-order valence-electron chi connectivity index (χ2n) is 1.90. The van der Waals surface area contributed by atoms with Gasteiger partial charge in [0.25, 0.3) is 0 Å². The first-order valence-electron chi connectivity index (χ1n) is 2.87. The van der Waals surface area contributed by atoms with Gasteiger partial charge in [0.05, 0.1) is 10.9 Å². The molecule has 1 atom stereocenters. The summed E-state index contributed by atoms with van der Waals surface area (Å²) in [7, 11) is 0. The van der Waals surface area contributed by atoms with E-state index in [4.69, 9.17) is 12.6 Å². The third-order valence-electron chi connectivity index (χ3n) is 1.10. The van der Waals surface area contributed by atoms with Crippen LogP contribution in [0.25, 0.3) is 0 Å². The summed E-state index contributed by atoms with van der Waals surface area (Å²) in [6, 6.07) is 5.78. The summed E-state index contributed by atoms with van der Waals surface area (Å²) in [5.41, 5.74) is 0.979. The topological polar surface area (TPSA) is 12.9 Å². The molecule has 2 heteroatoms. The Hall–Kier alpha value is -0.500. The van der Waals surface area contributed by atoms with Crippen LogP contribution in [-0.4, -0.2) is 4.98 Å². The van der Waals surface area contributed by atoms with Gasteiger partial charge in [0.15, 0.2) is 0 Å². The van der Waals surface area contributed by atoms with Gasteiger partial charge in [-0.1, -0.05) is 18.7 Å². The molecule has 1 aromatic heterocycles.